The van der Waals surface area contributed by atoms with Crippen LogP contribution in [0.15, 0.2) is 61.7 Å². The van der Waals surface area contributed by atoms with E-state index in [2.05, 4.69) is 23.8 Å². The fourth-order valence-corrected chi connectivity index (χ4v) is 7.03. The van der Waals surface area contributed by atoms with Crippen LogP contribution in [0.3, 0.4) is 0 Å². The number of benzene rings is 2. The lowest BCUT2D eigenvalue weighted by Gasteiger charge is -2.38. The van der Waals surface area contributed by atoms with Crippen LogP contribution in [0.5, 0.6) is 0 Å². The van der Waals surface area contributed by atoms with Crippen LogP contribution in [0.1, 0.15) is 93.1 Å². The van der Waals surface area contributed by atoms with Crippen molar-refractivity contribution in [2.75, 3.05) is 26.3 Å². The van der Waals surface area contributed by atoms with Gasteiger partial charge in [0.05, 0.1) is 35.3 Å². The van der Waals surface area contributed by atoms with Crippen molar-refractivity contribution in [3.05, 3.63) is 95.1 Å². The van der Waals surface area contributed by atoms with Crippen molar-refractivity contribution < 1.29 is 74.2 Å². The van der Waals surface area contributed by atoms with Gasteiger partial charge in [0.25, 0.3) is 23.6 Å². The second-order valence-corrected chi connectivity index (χ2v) is 14.8. The third kappa shape index (κ3) is 9.36. The lowest BCUT2D eigenvalue weighted by atomic mass is 9.71. The summed E-state index contributed by atoms with van der Waals surface area (Å²) >= 11 is 0. The molecule has 2 aromatic carbocycles. The number of alkyl halides is 6. The van der Waals surface area contributed by atoms with Gasteiger partial charge in [-0.05, 0) is 72.2 Å². The fourth-order valence-electron chi connectivity index (χ4n) is 7.03. The van der Waals surface area contributed by atoms with Gasteiger partial charge in [-0.1, -0.05) is 53.0 Å². The van der Waals surface area contributed by atoms with Crippen molar-refractivity contribution in [1.29, 1.82) is 0 Å². The molecule has 2 atom stereocenters. The Kier molecular flexibility index (Phi) is 14.4. The minimum absolute atomic E-state index is 0.197. The van der Waals surface area contributed by atoms with E-state index in [-0.39, 0.29) is 38.1 Å². The Bertz CT molecular complexity index is 2000. The van der Waals surface area contributed by atoms with Gasteiger partial charge in [-0.2, -0.15) is 26.3 Å². The molecule has 0 bridgehead atoms. The lowest BCUT2D eigenvalue weighted by molar-refractivity contribution is -0.288. The third-order valence-electron chi connectivity index (χ3n) is 9.77. The lowest BCUT2D eigenvalue weighted by Crippen LogP contribution is -2.55. The number of esters is 2. The molecule has 2 unspecified atom stereocenters. The largest absolute Gasteiger partial charge is 0.462 e. The zero-order valence-electron chi connectivity index (χ0n) is 33.3. The summed E-state index contributed by atoms with van der Waals surface area (Å²) in [6.45, 7) is 11.7. The molecule has 0 radical (unpaired) electrons. The summed E-state index contributed by atoms with van der Waals surface area (Å²) in [5, 5.41) is 4.68. The Morgan fingerprint density at radius 1 is 0.607 bits per heavy atom. The predicted octanol–water partition coefficient (Wildman–Crippen LogP) is 4.81. The molecule has 6 amide bonds. The molecular weight excluding hydrogens is 822 g/mol. The third-order valence-corrected chi connectivity index (χ3v) is 9.77. The van der Waals surface area contributed by atoms with Crippen molar-refractivity contribution in [1.82, 2.24) is 20.4 Å². The van der Waals surface area contributed by atoms with Gasteiger partial charge in [-0.15, -0.1) is 0 Å². The Morgan fingerprint density at radius 2 is 0.934 bits per heavy atom. The summed E-state index contributed by atoms with van der Waals surface area (Å²) in [6.07, 6.45) is -11.1. The first-order valence-corrected chi connectivity index (χ1v) is 18.8. The van der Waals surface area contributed by atoms with Gasteiger partial charge in [0.1, 0.15) is 25.3 Å². The van der Waals surface area contributed by atoms with Gasteiger partial charge in [0, 0.05) is 0 Å². The number of nitrogens with one attached hydrogen (secondary N) is 2. The molecule has 0 fully saturated rings. The van der Waals surface area contributed by atoms with Crippen LogP contribution in [0.4, 0.5) is 26.3 Å². The number of amides is 6. The Morgan fingerprint density at radius 3 is 1.23 bits per heavy atom. The first-order valence-electron chi connectivity index (χ1n) is 18.8. The van der Waals surface area contributed by atoms with Crippen LogP contribution >= 0.6 is 0 Å². The molecular formula is C41H42F6N4O10. The van der Waals surface area contributed by atoms with Gasteiger partial charge in [0.2, 0.25) is 17.2 Å². The quantitative estimate of drug-likeness (QED) is 0.0693. The highest BCUT2D eigenvalue weighted by molar-refractivity contribution is 6.23. The van der Waals surface area contributed by atoms with E-state index in [0.29, 0.717) is 34.1 Å². The molecule has 2 N–H and O–H groups in total. The number of carbonyl (C=O) groups excluding carboxylic acids is 8. The molecule has 0 spiro atoms. The van der Waals surface area contributed by atoms with Gasteiger partial charge in [-0.25, -0.2) is 9.59 Å². The van der Waals surface area contributed by atoms with Crippen molar-refractivity contribution >= 4 is 47.4 Å². The molecule has 0 aliphatic carbocycles. The Balaban J connectivity index is 1.78. The van der Waals surface area contributed by atoms with E-state index in [9.17, 15) is 38.4 Å². The van der Waals surface area contributed by atoms with E-state index in [1.807, 2.05) is 0 Å². The molecule has 328 valence electrons. The predicted molar refractivity (Wildman–Crippen MR) is 202 cm³/mol. The van der Waals surface area contributed by atoms with Crippen LogP contribution in [0.25, 0.3) is 0 Å². The number of rotatable bonds is 18. The molecule has 0 saturated carbocycles. The van der Waals surface area contributed by atoms with E-state index < -0.39 is 136 Å². The number of carbonyl (C=O) groups is 8. The maximum absolute atomic E-state index is 15.4. The van der Waals surface area contributed by atoms with Gasteiger partial charge in [-0.3, -0.25) is 38.6 Å². The zero-order valence-corrected chi connectivity index (χ0v) is 33.3. The van der Waals surface area contributed by atoms with Crippen molar-refractivity contribution in [2.45, 2.75) is 70.4 Å². The van der Waals surface area contributed by atoms with E-state index in [0.717, 1.165) is 12.2 Å². The highest BCUT2D eigenvalue weighted by Gasteiger charge is 2.73. The van der Waals surface area contributed by atoms with Crippen LogP contribution in [0.2, 0.25) is 0 Å². The zero-order chi connectivity index (χ0) is 45.8. The molecule has 0 aromatic heterocycles. The van der Waals surface area contributed by atoms with Gasteiger partial charge >= 0.3 is 24.3 Å². The van der Waals surface area contributed by atoms with E-state index in [1.165, 1.54) is 0 Å². The normalized spacial score (nSPS) is 15.1. The number of hydrogen-bond donors (Lipinski definition) is 2. The average molecular weight is 865 g/mol. The standard InChI is InChI=1S/C41H42F6N4O10/c1-7-31(52)48-13-15-60-37(58)29(17-21(3)4)50-33(54)25-11-9-23(19-27(25)35(50)56)39(40(42,43)44,41(45,46)47)24-10-12-26-28(20-24)36(57)51(34(26)55)30(18-22(5)6)38(59)61-16-14-49-32(53)8-2/h7-12,19-22,29-30H,1-2,13-18H2,3-6H3,(H,48,52)(H,49,53). The molecule has 4 rings (SSSR count). The molecule has 14 nitrogen and oxygen atoms in total. The first kappa shape index (κ1) is 47.3. The SMILES string of the molecule is C=CC(=O)NCCOC(=O)C(CC(C)C)N1C(=O)c2ccc(C(c3ccc4c(c3)C(=O)N(C(CC(C)C)C(=O)OCCNC(=O)C=C)C4=O)(C(F)(F)F)C(F)(F)F)cc2C1=O. The molecule has 2 aliphatic rings. The summed E-state index contributed by atoms with van der Waals surface area (Å²) in [6, 6.07) is -0.951. The van der Waals surface area contributed by atoms with E-state index >= 15 is 26.3 Å². The summed E-state index contributed by atoms with van der Waals surface area (Å²) < 4.78 is 103. The summed E-state index contributed by atoms with van der Waals surface area (Å²) in [5.41, 5.74) is -11.2. The van der Waals surface area contributed by atoms with Crippen LogP contribution in [-0.2, 0) is 34.1 Å². The first-order chi connectivity index (χ1) is 28.4. The number of halogens is 6. The number of nitrogens with zero attached hydrogens (tertiary/aromatic N) is 2. The monoisotopic (exact) mass is 864 g/mol. The maximum atomic E-state index is 15.4. The van der Waals surface area contributed by atoms with Crippen LogP contribution < -0.4 is 10.6 Å². The van der Waals surface area contributed by atoms with Crippen molar-refractivity contribution in [3.8, 4) is 0 Å². The summed E-state index contributed by atoms with van der Waals surface area (Å²) in [4.78, 5) is 105. The van der Waals surface area contributed by atoms with E-state index in [1.54, 1.807) is 27.7 Å². The minimum atomic E-state index is -6.26. The molecule has 2 aromatic rings. The minimum Gasteiger partial charge on any atom is -0.462 e. The number of imide groups is 2. The topological polar surface area (TPSA) is 186 Å². The number of fused-ring (bicyclic) bond motifs is 2. The van der Waals surface area contributed by atoms with Crippen LogP contribution in [0, 0.1) is 11.8 Å². The molecule has 2 heterocycles. The maximum Gasteiger partial charge on any atom is 0.411 e. The number of hydrogen-bond acceptors (Lipinski definition) is 10. The molecule has 0 saturated heterocycles. The Labute approximate surface area is 345 Å². The van der Waals surface area contributed by atoms with Crippen LogP contribution in [-0.4, -0.2) is 108 Å². The van der Waals surface area contributed by atoms with E-state index in [4.69, 9.17) is 9.47 Å². The smallest absolute Gasteiger partial charge is 0.411 e. The summed E-state index contributed by atoms with van der Waals surface area (Å²) in [5.74, 6) is -9.43. The second kappa shape index (κ2) is 18.5. The molecule has 20 heteroatoms. The average Bonchev–Trinajstić information content (AvgIpc) is 3.57. The fraction of sp³-hybridized carbons (Fsp3) is 0.415. The highest BCUT2D eigenvalue weighted by atomic mass is 19.4. The second-order valence-electron chi connectivity index (χ2n) is 14.8. The van der Waals surface area contributed by atoms with Gasteiger partial charge in [0.15, 0.2) is 0 Å². The van der Waals surface area contributed by atoms with Crippen molar-refractivity contribution in [2.24, 2.45) is 11.8 Å². The van der Waals surface area contributed by atoms with Crippen molar-refractivity contribution in [3.63, 3.8) is 0 Å². The summed E-state index contributed by atoms with van der Waals surface area (Å²) in [7, 11) is 0. The number of ether oxygens (including phenoxy) is 2. The molecule has 61 heavy (non-hydrogen) atoms. The van der Waals surface area contributed by atoms with Gasteiger partial charge < -0.3 is 20.1 Å². The Hall–Kier alpha value is -6.34. The molecule has 2 aliphatic heterocycles. The highest BCUT2D eigenvalue weighted by Crippen LogP contribution is 2.57.